The molecule has 10 heteroatoms. The maximum atomic E-state index is 6.48. The smallest absolute Gasteiger partial charge is 0.235 e. The molecule has 8 aromatic heterocycles. The van der Waals surface area contributed by atoms with Gasteiger partial charge in [0.25, 0.3) is 0 Å². The molecule has 8 heterocycles. The van der Waals surface area contributed by atoms with Gasteiger partial charge in [-0.2, -0.15) is 0 Å². The largest absolute Gasteiger partial charge is 0.455 e. The lowest BCUT2D eigenvalue weighted by molar-refractivity contribution is 0.673. The number of hydrogen-bond donors (Lipinski definition) is 0. The lowest BCUT2D eigenvalue weighted by Gasteiger charge is -2.13. The Kier molecular flexibility index (Phi) is 16.9. The number of aromatic nitrogens is 7. The summed E-state index contributed by atoms with van der Waals surface area (Å²) in [6.45, 7) is 0. The maximum absolute atomic E-state index is 6.48. The van der Waals surface area contributed by atoms with E-state index in [1.54, 1.807) is 0 Å². The van der Waals surface area contributed by atoms with E-state index in [9.17, 15) is 0 Å². The van der Waals surface area contributed by atoms with Crippen molar-refractivity contribution in [1.29, 1.82) is 0 Å². The number of thiophene rings is 2. The van der Waals surface area contributed by atoms with Gasteiger partial charge in [-0.3, -0.25) is 9.13 Å². The highest BCUT2D eigenvalue weighted by molar-refractivity contribution is 7.27. The Labute approximate surface area is 741 Å². The second kappa shape index (κ2) is 29.6. The van der Waals surface area contributed by atoms with E-state index in [0.717, 1.165) is 99.1 Å². The average molecular weight is 1670 g/mol. The zero-order valence-corrected chi connectivity index (χ0v) is 70.5. The molecule has 596 valence electrons. The molecule has 0 aliphatic carbocycles. The number of furan rings is 1. The predicted octanol–water partition coefficient (Wildman–Crippen LogP) is 32.7. The van der Waals surface area contributed by atoms with Gasteiger partial charge in [-0.05, 0) is 157 Å². The molecule has 0 aliphatic heterocycles. The Bertz CT molecular complexity index is 9000. The van der Waals surface area contributed by atoms with Crippen molar-refractivity contribution in [2.45, 2.75) is 0 Å². The average Bonchev–Trinajstić information content (AvgIpc) is 1.56. The van der Waals surface area contributed by atoms with Gasteiger partial charge >= 0.3 is 0 Å². The molecule has 0 fully saturated rings. The van der Waals surface area contributed by atoms with Crippen LogP contribution in [0.15, 0.2) is 435 Å². The molecular weight excluding hydrogens is 1600 g/mol. The lowest BCUT2D eigenvalue weighted by Crippen LogP contribution is -2.03. The summed E-state index contributed by atoms with van der Waals surface area (Å²) in [5.74, 6) is 1.32. The van der Waals surface area contributed by atoms with E-state index in [0.29, 0.717) is 11.9 Å². The van der Waals surface area contributed by atoms with Crippen LogP contribution in [0.2, 0.25) is 0 Å². The summed E-state index contributed by atoms with van der Waals surface area (Å²) in [6.07, 6.45) is 0. The molecule has 0 spiro atoms. The number of nitrogens with zero attached hydrogens (tertiary/aromatic N) is 7. The minimum absolute atomic E-state index is 0.637. The summed E-state index contributed by atoms with van der Waals surface area (Å²) in [4.78, 5) is 20.8. The molecule has 28 aromatic rings. The Hall–Kier alpha value is -16.5. The van der Waals surface area contributed by atoms with Gasteiger partial charge in [-0.1, -0.05) is 340 Å². The van der Waals surface area contributed by atoms with Gasteiger partial charge in [0.2, 0.25) is 11.9 Å². The molecule has 0 atom stereocenters. The Morgan fingerprint density at radius 3 is 1.02 bits per heavy atom. The van der Waals surface area contributed by atoms with Crippen molar-refractivity contribution in [2.75, 3.05) is 0 Å². The molecule has 28 rings (SSSR count). The molecule has 0 unspecified atom stereocenters. The number of hydrogen-bond acceptors (Lipinski definition) is 7. The number of para-hydroxylation sites is 6. The van der Waals surface area contributed by atoms with Crippen molar-refractivity contribution in [3.63, 3.8) is 0 Å². The quantitative estimate of drug-likeness (QED) is 0.142. The molecule has 0 saturated heterocycles. The molecule has 0 radical (unpaired) electrons. The third-order valence-electron chi connectivity index (χ3n) is 25.9. The van der Waals surface area contributed by atoms with Crippen molar-refractivity contribution < 1.29 is 4.42 Å². The second-order valence-corrected chi connectivity index (χ2v) is 35.0. The molecule has 0 amide bonds. The summed E-state index contributed by atoms with van der Waals surface area (Å²) in [5.41, 5.74) is 22.8. The Morgan fingerprint density at radius 2 is 0.523 bits per heavy atom. The molecule has 0 saturated carbocycles. The zero-order chi connectivity index (χ0) is 84.0. The molecule has 0 bridgehead atoms. The first-order valence-corrected chi connectivity index (χ1v) is 44.9. The van der Waals surface area contributed by atoms with E-state index < -0.39 is 0 Å². The molecule has 0 aliphatic rings. The summed E-state index contributed by atoms with van der Waals surface area (Å²) in [6, 6.07) is 153. The van der Waals surface area contributed by atoms with E-state index in [1.165, 1.54) is 144 Å². The number of rotatable bonds is 8. The maximum Gasteiger partial charge on any atom is 0.235 e. The first-order chi connectivity index (χ1) is 63.5. The minimum Gasteiger partial charge on any atom is -0.455 e. The van der Waals surface area contributed by atoms with Gasteiger partial charge in [0.15, 0.2) is 0 Å². The number of benzene rings is 20. The van der Waals surface area contributed by atoms with Crippen LogP contribution in [0.1, 0.15) is 0 Å². The van der Waals surface area contributed by atoms with Crippen LogP contribution in [0, 0.1) is 0 Å². The first kappa shape index (κ1) is 73.1. The van der Waals surface area contributed by atoms with Crippen LogP contribution in [0.3, 0.4) is 0 Å². The van der Waals surface area contributed by atoms with E-state index >= 15 is 0 Å². The third-order valence-corrected chi connectivity index (χ3v) is 28.3. The van der Waals surface area contributed by atoms with Gasteiger partial charge in [-0.25, -0.2) is 19.9 Å². The zero-order valence-electron chi connectivity index (χ0n) is 68.8. The molecule has 20 aromatic carbocycles. The van der Waals surface area contributed by atoms with E-state index in [1.807, 2.05) is 65.1 Å². The highest BCUT2D eigenvalue weighted by Gasteiger charge is 2.26. The van der Waals surface area contributed by atoms with Crippen molar-refractivity contribution in [2.24, 2.45) is 0 Å². The topological polar surface area (TPSA) is 79.5 Å². The van der Waals surface area contributed by atoms with Crippen molar-refractivity contribution >= 4 is 204 Å². The van der Waals surface area contributed by atoms with Crippen LogP contribution in [0.4, 0.5) is 0 Å². The van der Waals surface area contributed by atoms with Crippen molar-refractivity contribution in [1.82, 2.24) is 33.6 Å². The van der Waals surface area contributed by atoms with Crippen LogP contribution in [0.5, 0.6) is 0 Å². The lowest BCUT2D eigenvalue weighted by atomic mass is 9.92. The normalized spacial score (nSPS) is 11.9. The molecule has 8 nitrogen and oxygen atoms in total. The predicted molar refractivity (Wildman–Crippen MR) is 541 cm³/mol. The fourth-order valence-corrected chi connectivity index (χ4v) is 22.5. The van der Waals surface area contributed by atoms with Gasteiger partial charge < -0.3 is 8.98 Å². The number of fused-ring (bicyclic) bond motifs is 29. The van der Waals surface area contributed by atoms with Crippen molar-refractivity contribution in [3.05, 3.63) is 431 Å². The van der Waals surface area contributed by atoms with Crippen LogP contribution >= 0.6 is 22.7 Å². The summed E-state index contributed by atoms with van der Waals surface area (Å²) in [5, 5.41) is 24.7. The fourth-order valence-electron chi connectivity index (χ4n) is 20.0. The van der Waals surface area contributed by atoms with E-state index in [2.05, 4.69) is 402 Å². The van der Waals surface area contributed by atoms with E-state index in [4.69, 9.17) is 24.4 Å². The molecule has 0 N–H and O–H groups in total. The SMILES string of the molecule is c1ccc(-c2ccc(-c3nc(-n4c5ccccc5c5c6oc7ccccc7c6ccc54)nc4ccccc34)cc2)cc1.c1ccc(-c2ccc(-c3nc(-n4c5ccccc5c5c6sc7ccccc7c6ccc54)nc4ccccc34)cc2)cc1.c1ccc2c(c1)sc1c2ccc2c1c1ccccc1n2-c1ccc(-c2ccc3c4ccccc4c4ccccc4c3c2)cc1. The summed E-state index contributed by atoms with van der Waals surface area (Å²) >= 11 is 3.77. The van der Waals surface area contributed by atoms with Gasteiger partial charge in [-0.15, -0.1) is 22.7 Å². The van der Waals surface area contributed by atoms with E-state index in [-0.39, 0.29) is 0 Å². The van der Waals surface area contributed by atoms with Gasteiger partial charge in [0.1, 0.15) is 11.2 Å². The van der Waals surface area contributed by atoms with Crippen LogP contribution in [-0.4, -0.2) is 33.6 Å². The van der Waals surface area contributed by atoms with Crippen LogP contribution in [0.25, 0.3) is 255 Å². The second-order valence-electron chi connectivity index (χ2n) is 32.9. The fraction of sp³-hybridized carbons (Fsp3) is 0. The highest BCUT2D eigenvalue weighted by atomic mass is 32.1. The standard InChI is InChI=1S/C42H25NS.C38H23N3O.C38H23N3S/c1-2-11-31-29(9-1)30-10-3-4-12-32(30)37-25-27(19-22-33(31)37)26-17-20-28(21-18-26)43-38-15-7-5-14-36(38)41-39(43)24-23-35-34-13-6-8-16-40(34)44-42(35)41;2*1-2-10-24(11-3-1)25-18-20-26(21-19-25)36-29-13-4-7-15-31(29)39-38(40-36)41-32-16-8-5-14-30(32)35-33(41)23-22-28-27-12-6-9-17-34(27)42-37(28)35/h1-25H;2*1-23H. The Balaban J connectivity index is 0.000000102. The summed E-state index contributed by atoms with van der Waals surface area (Å²) < 4.78 is 18.6. The van der Waals surface area contributed by atoms with Crippen LogP contribution in [-0.2, 0) is 0 Å². The van der Waals surface area contributed by atoms with Crippen LogP contribution < -0.4 is 0 Å². The molecule has 128 heavy (non-hydrogen) atoms. The van der Waals surface area contributed by atoms with Gasteiger partial charge in [0.05, 0.1) is 60.9 Å². The molecular formula is C118H71N7OS2. The van der Waals surface area contributed by atoms with Crippen molar-refractivity contribution in [3.8, 4) is 73.5 Å². The third kappa shape index (κ3) is 11.7. The first-order valence-electron chi connectivity index (χ1n) is 43.3. The Morgan fingerprint density at radius 1 is 0.195 bits per heavy atom. The highest BCUT2D eigenvalue weighted by Crippen LogP contribution is 2.48. The minimum atomic E-state index is 0.637. The summed E-state index contributed by atoms with van der Waals surface area (Å²) in [7, 11) is 0. The monoisotopic (exact) mass is 1670 g/mol. The van der Waals surface area contributed by atoms with Gasteiger partial charge in [0, 0.05) is 106 Å².